The smallest absolute Gasteiger partial charge is 0.391 e. The summed E-state index contributed by atoms with van der Waals surface area (Å²) in [6.07, 6.45) is -5.32. The van der Waals surface area contributed by atoms with Crippen LogP contribution in [-0.4, -0.2) is 28.6 Å². The molecule has 78 valence electrons. The lowest BCUT2D eigenvalue weighted by Gasteiger charge is -2.24. The van der Waals surface area contributed by atoms with E-state index in [1.165, 1.54) is 20.8 Å². The largest absolute Gasteiger partial charge is 0.428 e. The van der Waals surface area contributed by atoms with Gasteiger partial charge in [-0.1, -0.05) is 0 Å². The quantitative estimate of drug-likeness (QED) is 0.676. The molecule has 1 N–H and O–H groups in total. The van der Waals surface area contributed by atoms with Crippen LogP contribution in [0.2, 0.25) is 0 Å². The van der Waals surface area contributed by atoms with Gasteiger partial charge in [-0.3, -0.25) is 4.99 Å². The first kappa shape index (κ1) is 12.4. The monoisotopic (exact) mass is 197 g/mol. The number of halogens is 3. The molecule has 0 aliphatic heterocycles. The van der Waals surface area contributed by atoms with E-state index < -0.39 is 23.5 Å². The van der Waals surface area contributed by atoms with Crippen molar-refractivity contribution in [3.8, 4) is 0 Å². The van der Waals surface area contributed by atoms with E-state index >= 15 is 0 Å². The summed E-state index contributed by atoms with van der Waals surface area (Å²) in [4.78, 5) is 3.42. The molecule has 0 aliphatic carbocycles. The molecule has 0 saturated carbocycles. The molecular formula is C8H14F3NO. The lowest BCUT2D eigenvalue weighted by atomic mass is 9.99. The van der Waals surface area contributed by atoms with Gasteiger partial charge in [0, 0.05) is 0 Å². The highest BCUT2D eigenvalue weighted by Gasteiger charge is 2.35. The lowest BCUT2D eigenvalue weighted by molar-refractivity contribution is -0.0602. The molecule has 0 rings (SSSR count). The molecule has 0 aromatic rings. The van der Waals surface area contributed by atoms with Gasteiger partial charge in [-0.05, 0) is 27.7 Å². The molecule has 0 fully saturated rings. The van der Waals surface area contributed by atoms with Crippen LogP contribution in [-0.2, 0) is 0 Å². The summed E-state index contributed by atoms with van der Waals surface area (Å²) < 4.78 is 36.1. The van der Waals surface area contributed by atoms with Gasteiger partial charge in [0.1, 0.15) is 5.71 Å². The van der Waals surface area contributed by atoms with E-state index in [-0.39, 0.29) is 0 Å². The number of hydrogen-bond acceptors (Lipinski definition) is 2. The standard InChI is InChI=1S/C8H14F3NO/c1-5(8(9,10)11)12-7(3,4)6(2)13/h6,13H,1-4H3/b12-5+/t6-/m0/s1. The molecule has 0 bridgehead atoms. The summed E-state index contributed by atoms with van der Waals surface area (Å²) in [5.74, 6) is 0. The van der Waals surface area contributed by atoms with Crippen molar-refractivity contribution in [3.63, 3.8) is 0 Å². The third-order valence-corrected chi connectivity index (χ3v) is 1.89. The van der Waals surface area contributed by atoms with Crippen molar-refractivity contribution in [2.75, 3.05) is 0 Å². The summed E-state index contributed by atoms with van der Waals surface area (Å²) in [6, 6.07) is 0. The second kappa shape index (κ2) is 3.65. The SMILES string of the molecule is C/C(=N\C(C)(C)[C@H](C)O)C(F)(F)F. The van der Waals surface area contributed by atoms with Crippen molar-refractivity contribution < 1.29 is 18.3 Å². The summed E-state index contributed by atoms with van der Waals surface area (Å²) in [5.41, 5.74) is -2.02. The summed E-state index contributed by atoms with van der Waals surface area (Å²) in [6.45, 7) is 5.21. The van der Waals surface area contributed by atoms with Crippen LogP contribution < -0.4 is 0 Å². The van der Waals surface area contributed by atoms with Crippen LogP contribution in [0.4, 0.5) is 13.2 Å². The second-order valence-electron chi connectivity index (χ2n) is 3.52. The molecule has 0 amide bonds. The molecule has 0 unspecified atom stereocenters. The Labute approximate surface area is 75.5 Å². The molecule has 13 heavy (non-hydrogen) atoms. The Hall–Kier alpha value is -0.580. The van der Waals surface area contributed by atoms with Gasteiger partial charge in [-0.2, -0.15) is 13.2 Å². The Kier molecular flexibility index (Phi) is 3.49. The molecule has 1 atom stereocenters. The zero-order valence-electron chi connectivity index (χ0n) is 8.11. The third-order valence-electron chi connectivity index (χ3n) is 1.89. The Balaban J connectivity index is 4.75. The molecular weight excluding hydrogens is 183 g/mol. The minimum atomic E-state index is -4.41. The average Bonchev–Trinajstić information content (AvgIpc) is 1.83. The molecule has 0 aliphatic rings. The first-order valence-corrected chi connectivity index (χ1v) is 3.89. The van der Waals surface area contributed by atoms with Crippen molar-refractivity contribution in [2.24, 2.45) is 4.99 Å². The number of aliphatic hydroxyl groups excluding tert-OH is 1. The summed E-state index contributed by atoms with van der Waals surface area (Å²) >= 11 is 0. The van der Waals surface area contributed by atoms with Crippen molar-refractivity contribution in [1.29, 1.82) is 0 Å². The maximum absolute atomic E-state index is 12.0. The highest BCUT2D eigenvalue weighted by Crippen LogP contribution is 2.22. The van der Waals surface area contributed by atoms with Crippen LogP contribution >= 0.6 is 0 Å². The summed E-state index contributed by atoms with van der Waals surface area (Å²) in [7, 11) is 0. The first-order chi connectivity index (χ1) is 5.57. The zero-order valence-corrected chi connectivity index (χ0v) is 8.11. The predicted molar refractivity (Wildman–Crippen MR) is 44.9 cm³/mol. The summed E-state index contributed by atoms with van der Waals surface area (Å²) in [5, 5.41) is 9.12. The fraction of sp³-hybridized carbons (Fsp3) is 0.875. The van der Waals surface area contributed by atoms with Gasteiger partial charge in [0.15, 0.2) is 0 Å². The van der Waals surface area contributed by atoms with Crippen LogP contribution in [0.1, 0.15) is 27.7 Å². The van der Waals surface area contributed by atoms with Crippen molar-refractivity contribution >= 4 is 5.71 Å². The minimum absolute atomic E-state index is 0.893. The van der Waals surface area contributed by atoms with Crippen LogP contribution in [0.3, 0.4) is 0 Å². The van der Waals surface area contributed by atoms with Crippen molar-refractivity contribution in [1.82, 2.24) is 0 Å². The van der Waals surface area contributed by atoms with Crippen LogP contribution in [0.5, 0.6) is 0 Å². The maximum Gasteiger partial charge on any atom is 0.428 e. The van der Waals surface area contributed by atoms with Crippen LogP contribution in [0.25, 0.3) is 0 Å². The van der Waals surface area contributed by atoms with Crippen LogP contribution in [0, 0.1) is 0 Å². The van der Waals surface area contributed by atoms with E-state index in [9.17, 15) is 13.2 Å². The second-order valence-corrected chi connectivity index (χ2v) is 3.52. The van der Waals surface area contributed by atoms with Crippen molar-refractivity contribution in [2.45, 2.75) is 45.5 Å². The van der Waals surface area contributed by atoms with Crippen LogP contribution in [0.15, 0.2) is 4.99 Å². The Morgan fingerprint density at radius 1 is 1.31 bits per heavy atom. The lowest BCUT2D eigenvalue weighted by Crippen LogP contribution is -2.35. The van der Waals surface area contributed by atoms with E-state index in [1.54, 1.807) is 0 Å². The topological polar surface area (TPSA) is 32.6 Å². The normalized spacial score (nSPS) is 17.4. The van der Waals surface area contributed by atoms with Gasteiger partial charge in [-0.25, -0.2) is 0 Å². The predicted octanol–water partition coefficient (Wildman–Crippen LogP) is 2.17. The van der Waals surface area contributed by atoms with Gasteiger partial charge in [0.25, 0.3) is 0 Å². The highest BCUT2D eigenvalue weighted by atomic mass is 19.4. The number of aliphatic hydroxyl groups is 1. The molecule has 5 heteroatoms. The Bertz CT molecular complexity index is 206. The molecule has 0 radical (unpaired) electrons. The van der Waals surface area contributed by atoms with Gasteiger partial charge in [-0.15, -0.1) is 0 Å². The first-order valence-electron chi connectivity index (χ1n) is 3.89. The van der Waals surface area contributed by atoms with E-state index in [2.05, 4.69) is 4.99 Å². The number of hydrogen-bond donors (Lipinski definition) is 1. The Morgan fingerprint density at radius 2 is 1.69 bits per heavy atom. The van der Waals surface area contributed by atoms with E-state index in [0.29, 0.717) is 0 Å². The Morgan fingerprint density at radius 3 is 1.92 bits per heavy atom. The molecule has 0 aromatic heterocycles. The van der Waals surface area contributed by atoms with Gasteiger partial charge < -0.3 is 5.11 Å². The van der Waals surface area contributed by atoms with Gasteiger partial charge in [0.2, 0.25) is 0 Å². The molecule has 0 heterocycles. The maximum atomic E-state index is 12.0. The fourth-order valence-corrected chi connectivity index (χ4v) is 0.589. The number of aliphatic imine (C=N–C) groups is 1. The number of alkyl halides is 3. The minimum Gasteiger partial charge on any atom is -0.391 e. The molecule has 0 aromatic carbocycles. The highest BCUT2D eigenvalue weighted by molar-refractivity contribution is 5.87. The molecule has 0 spiro atoms. The van der Waals surface area contributed by atoms with E-state index in [1.807, 2.05) is 0 Å². The molecule has 2 nitrogen and oxygen atoms in total. The number of nitrogens with zero attached hydrogens (tertiary/aromatic N) is 1. The average molecular weight is 197 g/mol. The zero-order chi connectivity index (χ0) is 10.9. The third kappa shape index (κ3) is 3.76. The van der Waals surface area contributed by atoms with E-state index in [0.717, 1.165) is 6.92 Å². The molecule has 0 saturated heterocycles. The van der Waals surface area contributed by atoms with Crippen molar-refractivity contribution in [3.05, 3.63) is 0 Å². The van der Waals surface area contributed by atoms with E-state index in [4.69, 9.17) is 5.11 Å². The van der Waals surface area contributed by atoms with Gasteiger partial charge >= 0.3 is 6.18 Å². The fourth-order valence-electron chi connectivity index (χ4n) is 0.589. The van der Waals surface area contributed by atoms with Gasteiger partial charge in [0.05, 0.1) is 11.6 Å². The number of rotatable bonds is 2.